The van der Waals surface area contributed by atoms with Gasteiger partial charge >= 0.3 is 0 Å². The monoisotopic (exact) mass is 466 g/mol. The third-order valence-electron chi connectivity index (χ3n) is 7.72. The Morgan fingerprint density at radius 3 is 1.24 bits per heavy atom. The molecule has 0 heterocycles. The first kappa shape index (κ1) is 19.0. The van der Waals surface area contributed by atoms with Gasteiger partial charge in [0.25, 0.3) is 0 Å². The maximum absolute atomic E-state index is 7.45. The van der Waals surface area contributed by atoms with E-state index in [1.807, 2.05) is 0 Å². The number of rotatable bonds is 2. The molecule has 0 unspecified atom stereocenters. The minimum atomic E-state index is -1.37. The summed E-state index contributed by atoms with van der Waals surface area (Å²) in [5, 5.41) is 0.673. The van der Waals surface area contributed by atoms with Crippen molar-refractivity contribution in [3.05, 3.63) is 80.8 Å². The first-order valence-corrected chi connectivity index (χ1v) is 11.1. The van der Waals surface area contributed by atoms with E-state index in [1.165, 1.54) is 22.3 Å². The van der Waals surface area contributed by atoms with Crippen LogP contribution in [0.3, 0.4) is 0 Å². The molecule has 0 aromatic heterocycles. The highest BCUT2D eigenvalue weighted by atomic mass is 35.5. The minimum absolute atomic E-state index is 0.0266. The Bertz CT molecular complexity index is 966. The molecule has 150 valence electrons. The summed E-state index contributed by atoms with van der Waals surface area (Å²) in [5.41, 5.74) is 5.08. The van der Waals surface area contributed by atoms with Crippen molar-refractivity contribution in [1.82, 2.24) is 0 Å². The second-order valence-electron chi connectivity index (χ2n) is 8.34. The fourth-order valence-electron chi connectivity index (χ4n) is 6.91. The van der Waals surface area contributed by atoms with Gasteiger partial charge in [-0.2, -0.15) is 0 Å². The van der Waals surface area contributed by atoms with Crippen LogP contribution in [-0.4, -0.2) is 29.8 Å². The molecule has 5 aliphatic carbocycles. The van der Waals surface area contributed by atoms with Crippen molar-refractivity contribution in [2.75, 3.05) is 14.2 Å². The molecule has 5 aliphatic rings. The number of alkyl halides is 2. The quantitative estimate of drug-likeness (QED) is 0.388. The normalized spacial score (nSPS) is 40.1. The molecule has 0 aliphatic heterocycles. The SMILES string of the molecule is COC1(OC)[C@@]2(Cl)C(Cl)=C(Cl)[C@@]1(Cl)[C@@H]1C3c4ccccc4C(c4ccccc43)[C@H]12. The number of benzene rings is 2. The van der Waals surface area contributed by atoms with Crippen LogP contribution in [0.15, 0.2) is 58.6 Å². The standard InChI is InChI=1S/C23H18Cl4O2/c1-28-23(29-2)21(26)17-15-11-7-3-4-8-12(11)16(14-10-6-5-9-13(14)15)18(17)22(23,27)20(25)19(21)24/h3-10,15-18H,1-2H3/t15?,16?,17-,18-,21+,22+/m1/s1. The van der Waals surface area contributed by atoms with Gasteiger partial charge in [0.1, 0.15) is 9.75 Å². The second-order valence-corrected chi connectivity index (χ2v) is 10.3. The van der Waals surface area contributed by atoms with Crippen molar-refractivity contribution in [2.24, 2.45) is 11.8 Å². The predicted molar refractivity (Wildman–Crippen MR) is 116 cm³/mol. The summed E-state index contributed by atoms with van der Waals surface area (Å²) in [6.45, 7) is 0. The van der Waals surface area contributed by atoms with Gasteiger partial charge in [0.15, 0.2) is 0 Å². The van der Waals surface area contributed by atoms with Crippen LogP contribution < -0.4 is 0 Å². The highest BCUT2D eigenvalue weighted by Gasteiger charge is 2.87. The van der Waals surface area contributed by atoms with Crippen molar-refractivity contribution in [3.63, 3.8) is 0 Å². The fraction of sp³-hybridized carbons (Fsp3) is 0.391. The lowest BCUT2D eigenvalue weighted by atomic mass is 9.51. The zero-order valence-corrected chi connectivity index (χ0v) is 18.8. The van der Waals surface area contributed by atoms with E-state index in [2.05, 4.69) is 48.5 Å². The Balaban J connectivity index is 1.75. The van der Waals surface area contributed by atoms with Crippen molar-refractivity contribution in [1.29, 1.82) is 0 Å². The largest absolute Gasteiger partial charge is 0.350 e. The van der Waals surface area contributed by atoms with E-state index < -0.39 is 15.5 Å². The number of ether oxygens (including phenoxy) is 2. The lowest BCUT2D eigenvalue weighted by Gasteiger charge is -2.54. The minimum Gasteiger partial charge on any atom is -0.350 e. The van der Waals surface area contributed by atoms with Gasteiger partial charge in [0.2, 0.25) is 5.79 Å². The van der Waals surface area contributed by atoms with Crippen LogP contribution in [0, 0.1) is 11.8 Å². The van der Waals surface area contributed by atoms with Crippen molar-refractivity contribution >= 4 is 46.4 Å². The Labute approximate surface area is 189 Å². The molecule has 1 fully saturated rings. The average Bonchev–Trinajstić information content (AvgIpc) is 3.02. The van der Waals surface area contributed by atoms with E-state index in [-0.39, 0.29) is 23.7 Å². The lowest BCUT2D eigenvalue weighted by molar-refractivity contribution is -0.220. The predicted octanol–water partition coefficient (Wildman–Crippen LogP) is 6.17. The lowest BCUT2D eigenvalue weighted by Crippen LogP contribution is -2.57. The van der Waals surface area contributed by atoms with Gasteiger partial charge in [0.05, 0.1) is 10.1 Å². The van der Waals surface area contributed by atoms with Crippen LogP contribution >= 0.6 is 46.4 Å². The molecule has 0 N–H and O–H groups in total. The van der Waals surface area contributed by atoms with Gasteiger partial charge in [0, 0.05) is 37.9 Å². The molecular weight excluding hydrogens is 450 g/mol. The molecule has 0 radical (unpaired) electrons. The van der Waals surface area contributed by atoms with E-state index >= 15 is 0 Å². The Kier molecular flexibility index (Phi) is 3.75. The zero-order valence-electron chi connectivity index (χ0n) is 15.8. The third kappa shape index (κ3) is 1.70. The van der Waals surface area contributed by atoms with E-state index in [0.717, 1.165) is 0 Å². The maximum Gasteiger partial charge on any atom is 0.217 e. The molecule has 6 heteroatoms. The summed E-state index contributed by atoms with van der Waals surface area (Å²) >= 11 is 28.5. The number of methoxy groups -OCH3 is 2. The van der Waals surface area contributed by atoms with E-state index in [1.54, 1.807) is 14.2 Å². The molecule has 2 aromatic rings. The summed E-state index contributed by atoms with van der Waals surface area (Å²) in [6.07, 6.45) is 0. The zero-order chi connectivity index (χ0) is 20.3. The molecule has 7 rings (SSSR count). The third-order valence-corrected chi connectivity index (χ3v) is 10.4. The summed E-state index contributed by atoms with van der Waals surface area (Å²) < 4.78 is 12.0. The number of hydrogen-bond donors (Lipinski definition) is 0. The molecule has 0 saturated heterocycles. The summed E-state index contributed by atoms with van der Waals surface area (Å²) in [7, 11) is 3.13. The van der Waals surface area contributed by atoms with Gasteiger partial charge in [-0.25, -0.2) is 0 Å². The van der Waals surface area contributed by atoms with Gasteiger partial charge < -0.3 is 9.47 Å². The van der Waals surface area contributed by atoms with Crippen molar-refractivity contribution in [2.45, 2.75) is 27.4 Å². The van der Waals surface area contributed by atoms with Gasteiger partial charge in [-0.1, -0.05) is 71.7 Å². The van der Waals surface area contributed by atoms with E-state index in [9.17, 15) is 0 Å². The molecule has 1 saturated carbocycles. The number of halogens is 4. The summed E-state index contributed by atoms with van der Waals surface area (Å²) in [5.74, 6) is -1.55. The first-order valence-electron chi connectivity index (χ1n) is 9.62. The molecule has 0 amide bonds. The van der Waals surface area contributed by atoms with Crippen molar-refractivity contribution < 1.29 is 9.47 Å². The first-order chi connectivity index (χ1) is 13.9. The van der Waals surface area contributed by atoms with Crippen LogP contribution in [0.1, 0.15) is 34.1 Å². The van der Waals surface area contributed by atoms with Crippen LogP contribution in [0.5, 0.6) is 0 Å². The number of fused-ring (bicyclic) bond motifs is 2. The molecule has 4 bridgehead atoms. The van der Waals surface area contributed by atoms with Crippen LogP contribution in [0.25, 0.3) is 0 Å². The van der Waals surface area contributed by atoms with Gasteiger partial charge in [-0.3, -0.25) is 0 Å². The topological polar surface area (TPSA) is 18.5 Å². The Morgan fingerprint density at radius 1 is 0.655 bits per heavy atom. The average molecular weight is 468 g/mol. The van der Waals surface area contributed by atoms with Gasteiger partial charge in [-0.05, 0) is 22.3 Å². The Morgan fingerprint density at radius 2 is 0.966 bits per heavy atom. The van der Waals surface area contributed by atoms with E-state index in [0.29, 0.717) is 10.1 Å². The molecule has 4 atom stereocenters. The summed E-state index contributed by atoms with van der Waals surface area (Å²) in [4.78, 5) is -2.38. The van der Waals surface area contributed by atoms with E-state index in [4.69, 9.17) is 55.9 Å². The summed E-state index contributed by atoms with van der Waals surface area (Å²) in [6, 6.07) is 17.1. The molecule has 2 aromatic carbocycles. The maximum atomic E-state index is 7.45. The Hall–Kier alpha value is -0.740. The highest BCUT2D eigenvalue weighted by molar-refractivity contribution is 6.52. The van der Waals surface area contributed by atoms with Gasteiger partial charge in [-0.15, -0.1) is 23.2 Å². The van der Waals surface area contributed by atoms with Crippen LogP contribution in [0.4, 0.5) is 0 Å². The number of hydrogen-bond acceptors (Lipinski definition) is 2. The van der Waals surface area contributed by atoms with Crippen molar-refractivity contribution in [3.8, 4) is 0 Å². The van der Waals surface area contributed by atoms with Crippen LogP contribution in [-0.2, 0) is 9.47 Å². The molecular formula is C23H18Cl4O2. The second kappa shape index (κ2) is 5.73. The fourth-order valence-corrected chi connectivity index (χ4v) is 9.18. The smallest absolute Gasteiger partial charge is 0.217 e. The van der Waals surface area contributed by atoms with Crippen LogP contribution in [0.2, 0.25) is 0 Å². The molecule has 0 spiro atoms. The molecule has 2 nitrogen and oxygen atoms in total. The molecule has 29 heavy (non-hydrogen) atoms. The highest BCUT2D eigenvalue weighted by Crippen LogP contribution is 2.81.